The Hall–Kier alpha value is -7.20. The van der Waals surface area contributed by atoms with Crippen molar-refractivity contribution in [2.24, 2.45) is 11.8 Å². The van der Waals surface area contributed by atoms with Gasteiger partial charge in [-0.15, -0.1) is 11.3 Å². The van der Waals surface area contributed by atoms with E-state index in [2.05, 4.69) is 225 Å². The fraction of sp³-hybridized carbons (Fsp3) is 0.100. The Balaban J connectivity index is 0.978. The lowest BCUT2D eigenvalue weighted by Gasteiger charge is -2.45. The van der Waals surface area contributed by atoms with Crippen LogP contribution in [-0.4, -0.2) is 6.04 Å². The van der Waals surface area contributed by atoms with Crippen molar-refractivity contribution in [3.8, 4) is 11.1 Å². The van der Waals surface area contributed by atoms with E-state index >= 15 is 0 Å². The maximum atomic E-state index is 6.32. The zero-order valence-electron chi connectivity index (χ0n) is 35.3. The predicted octanol–water partition coefficient (Wildman–Crippen LogP) is 16.4. The average molecular weight is 828 g/mol. The van der Waals surface area contributed by atoms with Gasteiger partial charge in [-0.05, 0) is 92.9 Å². The molecule has 2 aromatic heterocycles. The zero-order valence-corrected chi connectivity index (χ0v) is 36.1. The summed E-state index contributed by atoms with van der Waals surface area (Å²) in [6.45, 7) is 4.83. The molecule has 2 heterocycles. The fourth-order valence-corrected chi connectivity index (χ4v) is 11.9. The van der Waals surface area contributed by atoms with Gasteiger partial charge in [0, 0.05) is 53.7 Å². The molecule has 0 bridgehead atoms. The SMILES string of the molecule is CC1C=C(c2cccc3c2sc2ccccc23)C=CC1N(c1ccc(-c2ccc3c(c2)oc2ccccc23)cc1)c1ccccc1C1(C)C=CC=C2C=CC=C(c3ccccc3)C21. The number of furan rings is 1. The van der Waals surface area contributed by atoms with E-state index < -0.39 is 0 Å². The standard InChI is InChI=1S/C60H45NOS/c1-39-37-44(47-22-13-23-51-50-20-7-11-27-57(50)63-59(47)51)31-35-53(39)61(45-32-28-40(29-33-45)43-30-34-49-48-19-6-10-26-55(48)62-56(49)38-43)54-25-9-8-24-52(54)60(2)36-14-18-42-17-12-21-46(58(42)60)41-15-4-3-5-16-41/h3-39,53,58H,1-2H3. The molecule has 2 nitrogen and oxygen atoms in total. The predicted molar refractivity (Wildman–Crippen MR) is 269 cm³/mol. The van der Waals surface area contributed by atoms with Crippen molar-refractivity contribution in [3.05, 3.63) is 241 Å². The molecule has 0 saturated heterocycles. The van der Waals surface area contributed by atoms with E-state index in [0.29, 0.717) is 0 Å². The Morgan fingerprint density at radius 3 is 2.22 bits per heavy atom. The number of nitrogens with zero attached hydrogens (tertiary/aromatic N) is 1. The molecule has 0 aliphatic heterocycles. The van der Waals surface area contributed by atoms with Crippen molar-refractivity contribution in [2.45, 2.75) is 25.3 Å². The summed E-state index contributed by atoms with van der Waals surface area (Å²) in [4.78, 5) is 2.61. The molecule has 0 saturated carbocycles. The fourth-order valence-electron chi connectivity index (χ4n) is 10.7. The smallest absolute Gasteiger partial charge is 0.136 e. The van der Waals surface area contributed by atoms with E-state index in [1.54, 1.807) is 0 Å². The summed E-state index contributed by atoms with van der Waals surface area (Å²) in [7, 11) is 0. The third kappa shape index (κ3) is 6.21. The lowest BCUT2D eigenvalue weighted by Crippen LogP contribution is -2.40. The third-order valence-electron chi connectivity index (χ3n) is 13.7. The van der Waals surface area contributed by atoms with Gasteiger partial charge < -0.3 is 9.32 Å². The quantitative estimate of drug-likeness (QED) is 0.159. The molecule has 4 atom stereocenters. The van der Waals surface area contributed by atoms with Gasteiger partial charge in [-0.3, -0.25) is 0 Å². The highest BCUT2D eigenvalue weighted by molar-refractivity contribution is 7.26. The first-order valence-corrected chi connectivity index (χ1v) is 22.9. The van der Waals surface area contributed by atoms with Crippen LogP contribution in [0.25, 0.3) is 64.4 Å². The number of thiophene rings is 1. The Bertz CT molecular complexity index is 3440. The van der Waals surface area contributed by atoms with Gasteiger partial charge >= 0.3 is 0 Å². The third-order valence-corrected chi connectivity index (χ3v) is 14.9. The van der Waals surface area contributed by atoms with Crippen LogP contribution in [0.3, 0.4) is 0 Å². The highest BCUT2D eigenvalue weighted by Crippen LogP contribution is 2.53. The number of fused-ring (bicyclic) bond motifs is 7. The maximum absolute atomic E-state index is 6.32. The molecule has 0 spiro atoms. The summed E-state index contributed by atoms with van der Waals surface area (Å²) >= 11 is 1.90. The summed E-state index contributed by atoms with van der Waals surface area (Å²) in [6, 6.07) is 59.8. The highest BCUT2D eigenvalue weighted by atomic mass is 32.1. The second kappa shape index (κ2) is 15.0. The number of para-hydroxylation sites is 2. The second-order valence-corrected chi connectivity index (χ2v) is 18.5. The number of benzene rings is 7. The van der Waals surface area contributed by atoms with Gasteiger partial charge in [-0.1, -0.05) is 190 Å². The average Bonchev–Trinajstić information content (AvgIpc) is 3.91. The molecule has 0 N–H and O–H groups in total. The number of hydrogen-bond donors (Lipinski definition) is 0. The summed E-state index contributed by atoms with van der Waals surface area (Å²) < 4.78 is 9.00. The zero-order chi connectivity index (χ0) is 42.1. The Kier molecular flexibility index (Phi) is 8.95. The number of hydrogen-bond acceptors (Lipinski definition) is 3. The van der Waals surface area contributed by atoms with Crippen LogP contribution in [0.15, 0.2) is 228 Å². The topological polar surface area (TPSA) is 16.4 Å². The van der Waals surface area contributed by atoms with Crippen molar-refractivity contribution in [3.63, 3.8) is 0 Å². The normalized spacial score (nSPS) is 20.5. The first-order valence-electron chi connectivity index (χ1n) is 22.1. The minimum absolute atomic E-state index is 0.0517. The first kappa shape index (κ1) is 37.6. The van der Waals surface area contributed by atoms with Crippen LogP contribution in [0.5, 0.6) is 0 Å². The molecule has 0 radical (unpaired) electrons. The molecule has 7 aromatic carbocycles. The van der Waals surface area contributed by atoms with E-state index in [-0.39, 0.29) is 23.3 Å². The molecule has 4 unspecified atom stereocenters. The van der Waals surface area contributed by atoms with E-state index in [9.17, 15) is 0 Å². The van der Waals surface area contributed by atoms with Crippen molar-refractivity contribution >= 4 is 76.0 Å². The van der Waals surface area contributed by atoms with E-state index in [1.165, 1.54) is 59.3 Å². The number of allylic oxidation sites excluding steroid dienone is 10. The molecular weight excluding hydrogens is 783 g/mol. The van der Waals surface area contributed by atoms with Crippen molar-refractivity contribution in [2.75, 3.05) is 4.90 Å². The van der Waals surface area contributed by atoms with Crippen molar-refractivity contribution < 1.29 is 4.42 Å². The van der Waals surface area contributed by atoms with Crippen LogP contribution in [0.1, 0.15) is 30.5 Å². The monoisotopic (exact) mass is 827 g/mol. The molecule has 3 heteroatoms. The van der Waals surface area contributed by atoms with Gasteiger partial charge in [0.1, 0.15) is 11.2 Å². The van der Waals surface area contributed by atoms with E-state index in [1.807, 2.05) is 23.5 Å². The van der Waals surface area contributed by atoms with Gasteiger partial charge in [-0.2, -0.15) is 0 Å². The number of rotatable bonds is 7. The van der Waals surface area contributed by atoms with Gasteiger partial charge in [0.25, 0.3) is 0 Å². The molecular formula is C60H45NOS. The summed E-state index contributed by atoms with van der Waals surface area (Å²) in [5, 5.41) is 4.95. The highest BCUT2D eigenvalue weighted by Gasteiger charge is 2.43. The molecule has 0 fully saturated rings. The summed E-state index contributed by atoms with van der Waals surface area (Å²) in [6.07, 6.45) is 21.2. The minimum atomic E-state index is -0.341. The number of anilines is 2. The maximum Gasteiger partial charge on any atom is 0.136 e. The summed E-state index contributed by atoms with van der Waals surface area (Å²) in [5.74, 6) is 0.335. The molecule has 302 valence electrons. The lowest BCUT2D eigenvalue weighted by atomic mass is 9.61. The molecule has 3 aliphatic rings. The van der Waals surface area contributed by atoms with Crippen LogP contribution in [0.2, 0.25) is 0 Å². The van der Waals surface area contributed by atoms with Gasteiger partial charge in [-0.25, -0.2) is 0 Å². The van der Waals surface area contributed by atoms with Crippen LogP contribution >= 0.6 is 11.3 Å². The van der Waals surface area contributed by atoms with E-state index in [4.69, 9.17) is 4.42 Å². The second-order valence-electron chi connectivity index (χ2n) is 17.4. The van der Waals surface area contributed by atoms with Gasteiger partial charge in [0.15, 0.2) is 0 Å². The van der Waals surface area contributed by atoms with Gasteiger partial charge in [0.2, 0.25) is 0 Å². The van der Waals surface area contributed by atoms with E-state index in [0.717, 1.165) is 38.8 Å². The first-order chi connectivity index (χ1) is 31.0. The molecule has 9 aromatic rings. The van der Waals surface area contributed by atoms with Crippen LogP contribution in [-0.2, 0) is 5.41 Å². The molecule has 12 rings (SSSR count). The Labute approximate surface area is 372 Å². The van der Waals surface area contributed by atoms with Crippen molar-refractivity contribution in [1.82, 2.24) is 0 Å². The molecule has 0 amide bonds. The molecule has 63 heavy (non-hydrogen) atoms. The van der Waals surface area contributed by atoms with Crippen LogP contribution in [0.4, 0.5) is 11.4 Å². The summed E-state index contributed by atoms with van der Waals surface area (Å²) in [5.41, 5.74) is 14.0. The Morgan fingerprint density at radius 1 is 0.603 bits per heavy atom. The van der Waals surface area contributed by atoms with Crippen molar-refractivity contribution in [1.29, 1.82) is 0 Å². The molecule has 3 aliphatic carbocycles. The Morgan fingerprint density at radius 2 is 1.35 bits per heavy atom. The lowest BCUT2D eigenvalue weighted by molar-refractivity contribution is 0.492. The van der Waals surface area contributed by atoms with Crippen LogP contribution in [0, 0.1) is 11.8 Å². The minimum Gasteiger partial charge on any atom is -0.456 e. The van der Waals surface area contributed by atoms with Gasteiger partial charge in [0.05, 0.1) is 6.04 Å². The van der Waals surface area contributed by atoms with Crippen LogP contribution < -0.4 is 4.90 Å². The largest absolute Gasteiger partial charge is 0.456 e.